The molecule has 8 nitrogen and oxygen atoms in total. The molecule has 2 fully saturated rings. The van der Waals surface area contributed by atoms with Crippen molar-refractivity contribution in [1.82, 2.24) is 0 Å². The molecule has 0 aromatic heterocycles. The van der Waals surface area contributed by atoms with Crippen LogP contribution in [0.25, 0.3) is 0 Å². The molecule has 0 amide bonds. The van der Waals surface area contributed by atoms with Crippen molar-refractivity contribution < 1.29 is 39.8 Å². The predicted octanol–water partition coefficient (Wildman–Crippen LogP) is -0.774. The molecule has 2 aliphatic rings. The lowest BCUT2D eigenvalue weighted by Crippen LogP contribution is -2.60. The van der Waals surface area contributed by atoms with Crippen LogP contribution in [0, 0.1) is 5.92 Å². The van der Waals surface area contributed by atoms with Crippen LogP contribution in [-0.4, -0.2) is 74.9 Å². The predicted molar refractivity (Wildman–Crippen MR) is 77.5 cm³/mol. The van der Waals surface area contributed by atoms with Crippen molar-refractivity contribution in [2.75, 3.05) is 6.61 Å². The van der Waals surface area contributed by atoms with E-state index >= 15 is 0 Å². The number of rotatable bonds is 6. The van der Waals surface area contributed by atoms with Crippen molar-refractivity contribution in [2.24, 2.45) is 5.92 Å². The molecule has 1 aliphatic heterocycles. The van der Waals surface area contributed by atoms with E-state index in [0.717, 1.165) is 32.1 Å². The molecule has 1 heterocycles. The molecule has 6 atom stereocenters. The summed E-state index contributed by atoms with van der Waals surface area (Å²) in [5.41, 5.74) is 0. The Morgan fingerprint density at radius 3 is 2.35 bits per heavy atom. The lowest BCUT2D eigenvalue weighted by atomic mass is 9.85. The fourth-order valence-corrected chi connectivity index (χ4v) is 3.36. The molecule has 1 saturated carbocycles. The maximum atomic E-state index is 11.5. The van der Waals surface area contributed by atoms with Crippen molar-refractivity contribution in [2.45, 2.75) is 75.3 Å². The van der Waals surface area contributed by atoms with Crippen molar-refractivity contribution >= 4 is 5.97 Å². The van der Waals surface area contributed by atoms with Crippen LogP contribution in [0.15, 0.2) is 0 Å². The van der Waals surface area contributed by atoms with Crippen LogP contribution < -0.4 is 0 Å². The molecule has 0 aromatic rings. The smallest absolute Gasteiger partial charge is 0.332 e. The summed E-state index contributed by atoms with van der Waals surface area (Å²) in [5, 5.41) is 48.1. The van der Waals surface area contributed by atoms with Gasteiger partial charge in [0.25, 0.3) is 0 Å². The number of carboxylic acid groups (broad SMARTS) is 1. The Hall–Kier alpha value is -0.770. The van der Waals surface area contributed by atoms with E-state index in [9.17, 15) is 25.2 Å². The van der Waals surface area contributed by atoms with Gasteiger partial charge in [-0.3, -0.25) is 0 Å². The highest BCUT2D eigenvalue weighted by molar-refractivity contribution is 5.72. The first-order chi connectivity index (χ1) is 10.9. The van der Waals surface area contributed by atoms with E-state index in [-0.39, 0.29) is 5.92 Å². The van der Waals surface area contributed by atoms with E-state index in [1.165, 1.54) is 0 Å². The van der Waals surface area contributed by atoms with E-state index in [4.69, 9.17) is 14.6 Å². The normalized spacial score (nSPS) is 37.5. The molecule has 5 N–H and O–H groups in total. The topological polar surface area (TPSA) is 137 Å². The van der Waals surface area contributed by atoms with Gasteiger partial charge in [-0.2, -0.15) is 0 Å². The molecule has 1 saturated heterocycles. The Kier molecular flexibility index (Phi) is 6.75. The zero-order valence-electron chi connectivity index (χ0n) is 13.0. The number of carbonyl (C=O) groups is 1. The van der Waals surface area contributed by atoms with Gasteiger partial charge in [0.2, 0.25) is 0 Å². The summed E-state index contributed by atoms with van der Waals surface area (Å²) < 4.78 is 10.3. The third-order valence-corrected chi connectivity index (χ3v) is 4.71. The van der Waals surface area contributed by atoms with Gasteiger partial charge in [-0.1, -0.05) is 32.1 Å². The number of hydrogen-bond acceptors (Lipinski definition) is 7. The van der Waals surface area contributed by atoms with Crippen molar-refractivity contribution in [3.05, 3.63) is 0 Å². The minimum Gasteiger partial charge on any atom is -0.479 e. The van der Waals surface area contributed by atoms with Crippen LogP contribution >= 0.6 is 0 Å². The third kappa shape index (κ3) is 4.62. The number of aliphatic hydroxyl groups excluding tert-OH is 4. The van der Waals surface area contributed by atoms with Crippen LogP contribution in [0.3, 0.4) is 0 Å². The standard InChI is InChI=1S/C15H26O8/c16-7-10-11(17)13(12(18)15(21)23-10)22-9(14(19)20)6-8-4-2-1-3-5-8/h8-13,15-18,21H,1-7H2,(H,19,20)/t9-,10?,11?,12?,13?,15?/m0/s1. The van der Waals surface area contributed by atoms with Gasteiger partial charge in [-0.05, 0) is 12.3 Å². The van der Waals surface area contributed by atoms with E-state index < -0.39 is 49.4 Å². The molecule has 134 valence electrons. The highest BCUT2D eigenvalue weighted by Gasteiger charge is 2.46. The quantitative estimate of drug-likeness (QED) is 0.427. The molecule has 1 aliphatic carbocycles. The van der Waals surface area contributed by atoms with Gasteiger partial charge < -0.3 is 35.0 Å². The number of aliphatic hydroxyl groups is 4. The molecular formula is C15H26O8. The van der Waals surface area contributed by atoms with Gasteiger partial charge in [0.1, 0.15) is 24.4 Å². The molecule has 8 heteroatoms. The first-order valence-electron chi connectivity index (χ1n) is 8.12. The first kappa shape index (κ1) is 18.6. The molecule has 5 unspecified atom stereocenters. The summed E-state index contributed by atoms with van der Waals surface area (Å²) in [6, 6.07) is 0. The van der Waals surface area contributed by atoms with Gasteiger partial charge in [0, 0.05) is 0 Å². The monoisotopic (exact) mass is 334 g/mol. The van der Waals surface area contributed by atoms with Crippen LogP contribution in [0.5, 0.6) is 0 Å². The summed E-state index contributed by atoms with van der Waals surface area (Å²) in [6.07, 6.45) is -2.86. The molecule has 2 rings (SSSR count). The highest BCUT2D eigenvalue weighted by Crippen LogP contribution is 2.30. The third-order valence-electron chi connectivity index (χ3n) is 4.71. The number of hydrogen-bond donors (Lipinski definition) is 5. The Morgan fingerprint density at radius 2 is 1.78 bits per heavy atom. The summed E-state index contributed by atoms with van der Waals surface area (Å²) in [6.45, 7) is -0.578. The SMILES string of the molecule is O=C(O)[C@H](CC1CCCCC1)OC1C(O)C(O)OC(CO)C1O. The second-order valence-electron chi connectivity index (χ2n) is 6.40. The van der Waals surface area contributed by atoms with Gasteiger partial charge >= 0.3 is 5.97 Å². The average Bonchev–Trinajstić information content (AvgIpc) is 2.54. The van der Waals surface area contributed by atoms with Gasteiger partial charge in [0.05, 0.1) is 6.61 Å². The lowest BCUT2D eigenvalue weighted by molar-refractivity contribution is -0.300. The second-order valence-corrected chi connectivity index (χ2v) is 6.40. The second kappa shape index (κ2) is 8.36. The van der Waals surface area contributed by atoms with E-state index in [2.05, 4.69) is 0 Å². The Bertz CT molecular complexity index is 384. The summed E-state index contributed by atoms with van der Waals surface area (Å²) in [5.74, 6) is -0.936. The van der Waals surface area contributed by atoms with Gasteiger partial charge in [-0.25, -0.2) is 4.79 Å². The molecule has 0 aromatic carbocycles. The zero-order valence-corrected chi connectivity index (χ0v) is 13.0. The lowest BCUT2D eigenvalue weighted by Gasteiger charge is -2.41. The minimum atomic E-state index is -1.65. The number of ether oxygens (including phenoxy) is 2. The van der Waals surface area contributed by atoms with Crippen molar-refractivity contribution in [3.8, 4) is 0 Å². The fraction of sp³-hybridized carbons (Fsp3) is 0.933. The molecule has 0 radical (unpaired) electrons. The maximum absolute atomic E-state index is 11.5. The Balaban J connectivity index is 2.02. The zero-order chi connectivity index (χ0) is 17.0. The van der Waals surface area contributed by atoms with Crippen LogP contribution in [0.2, 0.25) is 0 Å². The largest absolute Gasteiger partial charge is 0.479 e. The minimum absolute atomic E-state index is 0.234. The van der Waals surface area contributed by atoms with E-state index in [1.54, 1.807) is 0 Å². The van der Waals surface area contributed by atoms with E-state index in [0.29, 0.717) is 6.42 Å². The summed E-state index contributed by atoms with van der Waals surface area (Å²) in [4.78, 5) is 11.5. The van der Waals surface area contributed by atoms with Gasteiger partial charge in [-0.15, -0.1) is 0 Å². The van der Waals surface area contributed by atoms with Gasteiger partial charge in [0.15, 0.2) is 12.4 Å². The van der Waals surface area contributed by atoms with E-state index in [1.807, 2.05) is 0 Å². The first-order valence-corrected chi connectivity index (χ1v) is 8.12. The van der Waals surface area contributed by atoms with Crippen LogP contribution in [-0.2, 0) is 14.3 Å². The average molecular weight is 334 g/mol. The summed E-state index contributed by atoms with van der Waals surface area (Å²) in [7, 11) is 0. The fourth-order valence-electron chi connectivity index (χ4n) is 3.36. The molecule has 23 heavy (non-hydrogen) atoms. The van der Waals surface area contributed by atoms with Crippen LogP contribution in [0.1, 0.15) is 38.5 Å². The highest BCUT2D eigenvalue weighted by atomic mass is 16.6. The van der Waals surface area contributed by atoms with Crippen LogP contribution in [0.4, 0.5) is 0 Å². The van der Waals surface area contributed by atoms with Crippen molar-refractivity contribution in [1.29, 1.82) is 0 Å². The number of carboxylic acids is 1. The molecular weight excluding hydrogens is 308 g/mol. The summed E-state index contributed by atoms with van der Waals surface area (Å²) >= 11 is 0. The Labute approximate surface area is 134 Å². The molecule has 0 spiro atoms. The van der Waals surface area contributed by atoms with Crippen molar-refractivity contribution in [3.63, 3.8) is 0 Å². The maximum Gasteiger partial charge on any atom is 0.332 e. The Morgan fingerprint density at radius 1 is 1.13 bits per heavy atom. The number of aliphatic carboxylic acids is 1. The molecule has 0 bridgehead atoms.